The molecule has 34 heavy (non-hydrogen) atoms. The Labute approximate surface area is 211 Å². The molecule has 7 nitrogen and oxygen atoms in total. The zero-order valence-corrected chi connectivity index (χ0v) is 21.1. The van der Waals surface area contributed by atoms with Gasteiger partial charge in [0.05, 0.1) is 12.0 Å². The Bertz CT molecular complexity index is 1290. The number of hydrogen-bond acceptors (Lipinski definition) is 6. The highest BCUT2D eigenvalue weighted by Crippen LogP contribution is 2.29. The van der Waals surface area contributed by atoms with Crippen LogP contribution in [0.15, 0.2) is 93.6 Å². The number of benzene rings is 3. The van der Waals surface area contributed by atoms with Gasteiger partial charge in [0.2, 0.25) is 0 Å². The van der Waals surface area contributed by atoms with Crippen LogP contribution >= 0.6 is 27.7 Å². The summed E-state index contributed by atoms with van der Waals surface area (Å²) in [6.45, 7) is 0. The highest BCUT2D eigenvalue weighted by atomic mass is 79.9. The van der Waals surface area contributed by atoms with Crippen LogP contribution in [0.1, 0.15) is 5.56 Å². The number of hydrogen-bond donors (Lipinski definition) is 1. The van der Waals surface area contributed by atoms with Crippen molar-refractivity contribution in [2.75, 3.05) is 24.7 Å². The number of carbonyl (C=O) groups is 1. The van der Waals surface area contributed by atoms with E-state index in [1.807, 2.05) is 102 Å². The van der Waals surface area contributed by atoms with Crippen molar-refractivity contribution in [2.24, 2.45) is 5.10 Å². The van der Waals surface area contributed by atoms with Crippen LogP contribution in [0.4, 0.5) is 5.69 Å². The van der Waals surface area contributed by atoms with Crippen molar-refractivity contribution < 1.29 is 4.79 Å². The highest BCUT2D eigenvalue weighted by Gasteiger charge is 2.17. The van der Waals surface area contributed by atoms with Gasteiger partial charge < -0.3 is 4.90 Å². The van der Waals surface area contributed by atoms with Crippen LogP contribution in [0.3, 0.4) is 0 Å². The molecule has 0 spiro atoms. The molecule has 9 heteroatoms. The Kier molecular flexibility index (Phi) is 7.76. The summed E-state index contributed by atoms with van der Waals surface area (Å²) in [7, 11) is 3.97. The van der Waals surface area contributed by atoms with Crippen LogP contribution < -0.4 is 10.3 Å². The fraction of sp³-hybridized carbons (Fsp3) is 0.120. The normalized spacial score (nSPS) is 11.0. The topological polar surface area (TPSA) is 75.4 Å². The maximum atomic E-state index is 12.4. The Morgan fingerprint density at radius 1 is 1.06 bits per heavy atom. The maximum Gasteiger partial charge on any atom is 0.250 e. The van der Waals surface area contributed by atoms with Crippen LogP contribution in [-0.2, 0) is 4.79 Å². The number of rotatable bonds is 8. The molecule has 1 N–H and O–H groups in total. The number of anilines is 1. The number of nitrogens with zero attached hydrogens (tertiary/aromatic N) is 5. The second kappa shape index (κ2) is 11.1. The van der Waals surface area contributed by atoms with Gasteiger partial charge in [-0.25, -0.2) is 5.43 Å². The summed E-state index contributed by atoms with van der Waals surface area (Å²) in [4.78, 5) is 14.4. The van der Waals surface area contributed by atoms with E-state index in [1.165, 1.54) is 11.8 Å². The van der Waals surface area contributed by atoms with E-state index in [9.17, 15) is 4.79 Å². The van der Waals surface area contributed by atoms with Gasteiger partial charge in [-0.15, -0.1) is 10.2 Å². The smallest absolute Gasteiger partial charge is 0.250 e. The summed E-state index contributed by atoms with van der Waals surface area (Å²) in [5.41, 5.74) is 6.43. The zero-order chi connectivity index (χ0) is 23.9. The minimum absolute atomic E-state index is 0.153. The van der Waals surface area contributed by atoms with Gasteiger partial charge in [-0.1, -0.05) is 70.2 Å². The van der Waals surface area contributed by atoms with Crippen molar-refractivity contribution in [3.05, 3.63) is 88.9 Å². The van der Waals surface area contributed by atoms with E-state index in [0.29, 0.717) is 11.0 Å². The van der Waals surface area contributed by atoms with Gasteiger partial charge in [-0.2, -0.15) is 5.10 Å². The molecule has 1 amide bonds. The van der Waals surface area contributed by atoms with Crippen molar-refractivity contribution in [1.82, 2.24) is 20.2 Å². The van der Waals surface area contributed by atoms with Crippen LogP contribution in [-0.4, -0.2) is 46.7 Å². The van der Waals surface area contributed by atoms with E-state index in [2.05, 4.69) is 36.7 Å². The number of halogens is 1. The first-order valence-corrected chi connectivity index (χ1v) is 12.3. The summed E-state index contributed by atoms with van der Waals surface area (Å²) >= 11 is 4.82. The van der Waals surface area contributed by atoms with Gasteiger partial charge in [0.25, 0.3) is 5.91 Å². The molecule has 3 aromatic carbocycles. The third-order valence-electron chi connectivity index (χ3n) is 4.88. The van der Waals surface area contributed by atoms with Crippen molar-refractivity contribution in [2.45, 2.75) is 5.16 Å². The molecule has 4 rings (SSSR count). The average Bonchev–Trinajstić information content (AvgIpc) is 3.28. The van der Waals surface area contributed by atoms with Crippen molar-refractivity contribution in [3.8, 4) is 17.1 Å². The molecule has 0 radical (unpaired) electrons. The second-order valence-electron chi connectivity index (χ2n) is 7.56. The third kappa shape index (κ3) is 5.92. The largest absolute Gasteiger partial charge is 0.378 e. The van der Waals surface area contributed by atoms with Gasteiger partial charge in [0.15, 0.2) is 11.0 Å². The number of thioether (sulfide) groups is 1. The lowest BCUT2D eigenvalue weighted by Crippen LogP contribution is -2.20. The van der Waals surface area contributed by atoms with Crippen LogP contribution in [0.2, 0.25) is 0 Å². The highest BCUT2D eigenvalue weighted by molar-refractivity contribution is 9.10. The van der Waals surface area contributed by atoms with Crippen LogP contribution in [0.5, 0.6) is 0 Å². The summed E-state index contributed by atoms with van der Waals surface area (Å²) < 4.78 is 2.91. The van der Waals surface area contributed by atoms with E-state index >= 15 is 0 Å². The van der Waals surface area contributed by atoms with E-state index in [1.54, 1.807) is 6.21 Å². The zero-order valence-electron chi connectivity index (χ0n) is 18.7. The lowest BCUT2D eigenvalue weighted by molar-refractivity contribution is -0.118. The van der Waals surface area contributed by atoms with Crippen molar-refractivity contribution in [3.63, 3.8) is 0 Å². The first-order chi connectivity index (χ1) is 16.5. The minimum Gasteiger partial charge on any atom is -0.378 e. The number of para-hydroxylation sites is 1. The van der Waals surface area contributed by atoms with Gasteiger partial charge in [0.1, 0.15) is 0 Å². The molecule has 172 valence electrons. The van der Waals surface area contributed by atoms with E-state index in [-0.39, 0.29) is 11.7 Å². The summed E-state index contributed by atoms with van der Waals surface area (Å²) in [5.74, 6) is 0.632. The monoisotopic (exact) mass is 534 g/mol. The average molecular weight is 535 g/mol. The predicted octanol–water partition coefficient (Wildman–Crippen LogP) is 5.01. The predicted molar refractivity (Wildman–Crippen MR) is 142 cm³/mol. The standard InChI is InChI=1S/C25H23BrN6OS/c1-31(2)21-13-11-18(12-14-21)16-27-28-23(33)17-34-25-30-29-24(19-7-6-8-20(26)15-19)32(25)22-9-4-3-5-10-22/h3-16H,17H2,1-2H3,(H,28,33). The fourth-order valence-corrected chi connectivity index (χ4v) is 4.33. The molecular weight excluding hydrogens is 512 g/mol. The van der Waals surface area contributed by atoms with E-state index in [4.69, 9.17) is 0 Å². The van der Waals surface area contributed by atoms with Gasteiger partial charge in [-0.05, 0) is 42.0 Å². The number of nitrogens with one attached hydrogen (secondary N) is 1. The molecule has 0 aliphatic rings. The Morgan fingerprint density at radius 2 is 1.82 bits per heavy atom. The van der Waals surface area contributed by atoms with Gasteiger partial charge in [0, 0.05) is 35.5 Å². The number of hydrazone groups is 1. The van der Waals surface area contributed by atoms with Crippen molar-refractivity contribution >= 4 is 45.5 Å². The third-order valence-corrected chi connectivity index (χ3v) is 6.30. The molecule has 0 saturated carbocycles. The molecule has 1 aromatic heterocycles. The molecule has 1 heterocycles. The Morgan fingerprint density at radius 3 is 2.53 bits per heavy atom. The van der Waals surface area contributed by atoms with Gasteiger partial charge >= 0.3 is 0 Å². The summed E-state index contributed by atoms with van der Waals surface area (Å²) in [6, 6.07) is 25.6. The molecule has 4 aromatic rings. The lowest BCUT2D eigenvalue weighted by atomic mass is 10.2. The summed E-state index contributed by atoms with van der Waals surface area (Å²) in [6.07, 6.45) is 1.62. The van der Waals surface area contributed by atoms with Crippen LogP contribution in [0.25, 0.3) is 17.1 Å². The Hall–Kier alpha value is -3.43. The molecule has 0 aliphatic carbocycles. The fourth-order valence-electron chi connectivity index (χ4n) is 3.19. The molecule has 0 fully saturated rings. The van der Waals surface area contributed by atoms with E-state index in [0.717, 1.165) is 27.0 Å². The number of carbonyl (C=O) groups excluding carboxylic acids is 1. The first kappa shape index (κ1) is 23.7. The van der Waals surface area contributed by atoms with E-state index < -0.39 is 0 Å². The maximum absolute atomic E-state index is 12.4. The quantitative estimate of drug-likeness (QED) is 0.195. The summed E-state index contributed by atoms with van der Waals surface area (Å²) in [5, 5.41) is 13.5. The molecule has 0 unspecified atom stereocenters. The molecule has 0 aliphatic heterocycles. The number of amides is 1. The van der Waals surface area contributed by atoms with Crippen molar-refractivity contribution in [1.29, 1.82) is 0 Å². The minimum atomic E-state index is -0.224. The molecule has 0 saturated heterocycles. The van der Waals surface area contributed by atoms with Gasteiger partial charge in [-0.3, -0.25) is 9.36 Å². The van der Waals surface area contributed by atoms with Crippen LogP contribution in [0, 0.1) is 0 Å². The molecule has 0 atom stereocenters. The number of aromatic nitrogens is 3. The molecular formula is C25H23BrN6OS. The second-order valence-corrected chi connectivity index (χ2v) is 9.41. The SMILES string of the molecule is CN(C)c1ccc(C=NNC(=O)CSc2nnc(-c3cccc(Br)c3)n2-c2ccccc2)cc1. The first-order valence-electron chi connectivity index (χ1n) is 10.5. The lowest BCUT2D eigenvalue weighted by Gasteiger charge is -2.11. The Balaban J connectivity index is 1.46. The molecule has 0 bridgehead atoms.